The standard InChI is InChI=1S/C61H41N3/c1-3-18-40(19-4-2)56-36-49(42-24-16-25-43(34-42)60-63-57(41-21-6-5-7-22-41)38-59(64-60)48-30-17-23-39-20-8-9-26-44(39)48)51-35-50-47-29-12-15-33-54(47)61(55(50)37-58(51)62-56)52-31-13-10-27-45(52)46-28-11-14-32-53(46)61/h3-38H,1H2,2H3/b19-4-,40-18+. The van der Waals surface area contributed by atoms with Gasteiger partial charge in [0.25, 0.3) is 0 Å². The molecule has 3 heteroatoms. The summed E-state index contributed by atoms with van der Waals surface area (Å²) < 4.78 is 0. The first kappa shape index (κ1) is 37.5. The van der Waals surface area contributed by atoms with E-state index in [1.807, 2.05) is 25.1 Å². The van der Waals surface area contributed by atoms with E-state index in [9.17, 15) is 0 Å². The Morgan fingerprint density at radius 2 is 1.05 bits per heavy atom. The fourth-order valence-corrected chi connectivity index (χ4v) is 10.5. The minimum absolute atomic E-state index is 0.475. The highest BCUT2D eigenvalue weighted by Crippen LogP contribution is 2.63. The maximum Gasteiger partial charge on any atom is 0.160 e. The smallest absolute Gasteiger partial charge is 0.160 e. The summed E-state index contributed by atoms with van der Waals surface area (Å²) in [6, 6.07) is 70.0. The van der Waals surface area contributed by atoms with Crippen molar-refractivity contribution in [2.45, 2.75) is 12.3 Å². The summed E-state index contributed by atoms with van der Waals surface area (Å²) in [5.74, 6) is 0.668. The van der Waals surface area contributed by atoms with Gasteiger partial charge in [-0.25, -0.2) is 15.0 Å². The average molecular weight is 816 g/mol. The van der Waals surface area contributed by atoms with Crippen LogP contribution in [0.5, 0.6) is 0 Å². The van der Waals surface area contributed by atoms with Crippen molar-refractivity contribution in [1.82, 2.24) is 15.0 Å². The van der Waals surface area contributed by atoms with Crippen LogP contribution in [0.25, 0.3) is 94.5 Å². The quantitative estimate of drug-likeness (QED) is 0.150. The largest absolute Gasteiger partial charge is 0.248 e. The third kappa shape index (κ3) is 5.71. The first-order valence-corrected chi connectivity index (χ1v) is 21.9. The summed E-state index contributed by atoms with van der Waals surface area (Å²) >= 11 is 0. The van der Waals surface area contributed by atoms with E-state index < -0.39 is 5.41 Å². The van der Waals surface area contributed by atoms with Crippen molar-refractivity contribution in [3.05, 3.63) is 253 Å². The van der Waals surface area contributed by atoms with Gasteiger partial charge in [-0.05, 0) is 109 Å². The number of hydrogen-bond donors (Lipinski definition) is 0. The van der Waals surface area contributed by atoms with E-state index in [0.29, 0.717) is 5.82 Å². The van der Waals surface area contributed by atoms with Crippen LogP contribution in [-0.2, 0) is 5.41 Å². The summed E-state index contributed by atoms with van der Waals surface area (Å²) in [7, 11) is 0. The molecule has 10 aromatic rings. The van der Waals surface area contributed by atoms with Crippen molar-refractivity contribution < 1.29 is 0 Å². The van der Waals surface area contributed by atoms with E-state index in [4.69, 9.17) is 15.0 Å². The van der Waals surface area contributed by atoms with E-state index in [-0.39, 0.29) is 0 Å². The van der Waals surface area contributed by atoms with Crippen molar-refractivity contribution in [3.63, 3.8) is 0 Å². The van der Waals surface area contributed by atoms with Crippen LogP contribution >= 0.6 is 0 Å². The van der Waals surface area contributed by atoms with E-state index in [2.05, 4.69) is 207 Å². The molecule has 0 aliphatic heterocycles. The Morgan fingerprint density at radius 3 is 1.78 bits per heavy atom. The SMILES string of the molecule is C=C/C=C(\C=C/C)c1cc(-c2cccc(-c3nc(-c4ccccc4)cc(-c4cccc5ccccc45)n3)c2)c2cc3c(cc2n1)C1(c2ccccc2-c2ccccc21)c1ccccc1-3. The number of benzene rings is 8. The van der Waals surface area contributed by atoms with E-state index in [1.54, 1.807) is 0 Å². The number of nitrogens with zero attached hydrogens (tertiary/aromatic N) is 3. The molecule has 1 spiro atoms. The highest BCUT2D eigenvalue weighted by molar-refractivity contribution is 6.04. The zero-order valence-electron chi connectivity index (χ0n) is 35.3. The van der Waals surface area contributed by atoms with Crippen LogP contribution in [0.1, 0.15) is 34.9 Å². The molecule has 64 heavy (non-hydrogen) atoms. The molecule has 0 saturated heterocycles. The van der Waals surface area contributed by atoms with Gasteiger partial charge in [-0.1, -0.05) is 195 Å². The number of allylic oxidation sites excluding steroid dienone is 5. The molecule has 0 radical (unpaired) electrons. The molecule has 2 aliphatic carbocycles. The Kier molecular flexibility index (Phi) is 8.77. The van der Waals surface area contributed by atoms with Crippen molar-refractivity contribution in [3.8, 4) is 67.3 Å². The Balaban J connectivity index is 1.10. The third-order valence-electron chi connectivity index (χ3n) is 13.2. The normalized spacial score (nSPS) is 13.3. The highest BCUT2D eigenvalue weighted by atomic mass is 14.9. The summed E-state index contributed by atoms with van der Waals surface area (Å²) in [4.78, 5) is 16.1. The Labute approximate surface area is 373 Å². The number of fused-ring (bicyclic) bond motifs is 12. The number of hydrogen-bond acceptors (Lipinski definition) is 3. The molecule has 0 amide bonds. The van der Waals surface area contributed by atoms with Gasteiger partial charge in [-0.15, -0.1) is 0 Å². The van der Waals surface area contributed by atoms with Crippen LogP contribution in [0, 0.1) is 0 Å². The predicted molar refractivity (Wildman–Crippen MR) is 266 cm³/mol. The van der Waals surface area contributed by atoms with Gasteiger partial charge in [0.2, 0.25) is 0 Å². The minimum atomic E-state index is -0.475. The molecule has 0 unspecified atom stereocenters. The van der Waals surface area contributed by atoms with Gasteiger partial charge >= 0.3 is 0 Å². The zero-order valence-corrected chi connectivity index (χ0v) is 35.3. The molecule has 300 valence electrons. The summed E-state index contributed by atoms with van der Waals surface area (Å²) in [5, 5.41) is 3.41. The van der Waals surface area contributed by atoms with Gasteiger partial charge in [0.15, 0.2) is 5.82 Å². The second-order valence-corrected chi connectivity index (χ2v) is 16.7. The lowest BCUT2D eigenvalue weighted by Crippen LogP contribution is -2.25. The molecule has 0 N–H and O–H groups in total. The number of pyridine rings is 1. The van der Waals surface area contributed by atoms with Crippen molar-refractivity contribution >= 4 is 27.2 Å². The molecule has 0 saturated carbocycles. The lowest BCUT2D eigenvalue weighted by molar-refractivity contribution is 0.794. The monoisotopic (exact) mass is 815 g/mol. The second kappa shape index (κ2) is 15.0. The van der Waals surface area contributed by atoms with Gasteiger partial charge < -0.3 is 0 Å². The molecule has 0 fully saturated rings. The van der Waals surface area contributed by atoms with Crippen LogP contribution in [-0.4, -0.2) is 15.0 Å². The van der Waals surface area contributed by atoms with Gasteiger partial charge in [0.1, 0.15) is 0 Å². The average Bonchev–Trinajstić information content (AvgIpc) is 3.82. The molecule has 12 rings (SSSR count). The molecule has 0 bridgehead atoms. The molecular formula is C61H41N3. The van der Waals surface area contributed by atoms with Crippen molar-refractivity contribution in [1.29, 1.82) is 0 Å². The Hall–Kier alpha value is -8.27. The Morgan fingerprint density at radius 1 is 0.453 bits per heavy atom. The molecular weight excluding hydrogens is 775 g/mol. The third-order valence-corrected chi connectivity index (χ3v) is 13.2. The van der Waals surface area contributed by atoms with Gasteiger partial charge in [0.05, 0.1) is 28.0 Å². The lowest BCUT2D eigenvalue weighted by Gasteiger charge is -2.30. The molecule has 3 nitrogen and oxygen atoms in total. The first-order chi connectivity index (χ1) is 31.6. The predicted octanol–water partition coefficient (Wildman–Crippen LogP) is 15.3. The Bertz CT molecular complexity index is 3540. The summed E-state index contributed by atoms with van der Waals surface area (Å²) in [6.45, 7) is 6.12. The topological polar surface area (TPSA) is 38.7 Å². The van der Waals surface area contributed by atoms with Crippen LogP contribution in [0.2, 0.25) is 0 Å². The minimum Gasteiger partial charge on any atom is -0.248 e. The van der Waals surface area contributed by atoms with E-state index in [0.717, 1.165) is 66.8 Å². The van der Waals surface area contributed by atoms with Crippen LogP contribution in [0.4, 0.5) is 0 Å². The van der Waals surface area contributed by atoms with E-state index >= 15 is 0 Å². The number of rotatable bonds is 7. The maximum absolute atomic E-state index is 5.51. The highest BCUT2D eigenvalue weighted by Gasteiger charge is 2.51. The van der Waals surface area contributed by atoms with E-state index in [1.165, 1.54) is 49.9 Å². The number of aromatic nitrogens is 3. The van der Waals surface area contributed by atoms with Crippen LogP contribution in [0.3, 0.4) is 0 Å². The van der Waals surface area contributed by atoms with Crippen molar-refractivity contribution in [2.24, 2.45) is 0 Å². The molecule has 2 aromatic heterocycles. The van der Waals surface area contributed by atoms with Gasteiger partial charge in [0, 0.05) is 22.1 Å². The second-order valence-electron chi connectivity index (χ2n) is 16.7. The maximum atomic E-state index is 5.51. The summed E-state index contributed by atoms with van der Waals surface area (Å²) in [6.07, 6.45) is 8.06. The fourth-order valence-electron chi connectivity index (χ4n) is 10.5. The molecule has 8 aromatic carbocycles. The fraction of sp³-hybridized carbons (Fsp3) is 0.0328. The molecule has 0 atom stereocenters. The van der Waals surface area contributed by atoms with Crippen LogP contribution in [0.15, 0.2) is 225 Å². The van der Waals surface area contributed by atoms with Gasteiger partial charge in [-0.2, -0.15) is 0 Å². The molecule has 2 aliphatic rings. The van der Waals surface area contributed by atoms with Gasteiger partial charge in [-0.3, -0.25) is 0 Å². The van der Waals surface area contributed by atoms with Crippen molar-refractivity contribution in [2.75, 3.05) is 0 Å². The van der Waals surface area contributed by atoms with Crippen LogP contribution < -0.4 is 0 Å². The summed E-state index contributed by atoms with van der Waals surface area (Å²) in [5.41, 5.74) is 19.5. The first-order valence-electron chi connectivity index (χ1n) is 21.9. The molecule has 2 heterocycles. The lowest BCUT2D eigenvalue weighted by atomic mass is 9.70. The zero-order chi connectivity index (χ0) is 42.8.